The second-order valence-electron chi connectivity index (χ2n) is 12.2. The molecule has 0 spiro atoms. The normalized spacial score (nSPS) is 20.6. The van der Waals surface area contributed by atoms with Crippen LogP contribution >= 0.6 is 0 Å². The van der Waals surface area contributed by atoms with Crippen molar-refractivity contribution in [1.29, 1.82) is 0 Å². The molecular formula is C32H43N3O5. The van der Waals surface area contributed by atoms with Gasteiger partial charge in [0.1, 0.15) is 23.4 Å². The number of nitrogens with zero attached hydrogens (tertiary/aromatic N) is 1. The molecule has 8 heteroatoms. The van der Waals surface area contributed by atoms with Crippen molar-refractivity contribution in [3.8, 4) is 5.75 Å². The number of ether oxygens (including phenoxy) is 1. The second kappa shape index (κ2) is 12.7. The number of para-hydroxylation sites is 1. The van der Waals surface area contributed by atoms with E-state index in [1.807, 2.05) is 37.3 Å². The summed E-state index contributed by atoms with van der Waals surface area (Å²) in [6.07, 6.45) is 5.30. The third-order valence-electron chi connectivity index (χ3n) is 7.66. The first-order valence-corrected chi connectivity index (χ1v) is 14.5. The fourth-order valence-corrected chi connectivity index (χ4v) is 5.52. The Hall–Kier alpha value is -3.55. The maximum atomic E-state index is 14.5. The van der Waals surface area contributed by atoms with Crippen LogP contribution in [0.4, 0.5) is 4.79 Å². The first kappa shape index (κ1) is 29.4. The summed E-state index contributed by atoms with van der Waals surface area (Å²) in [5.41, 5.74) is 0.498. The molecule has 0 radical (unpaired) electrons. The van der Waals surface area contributed by atoms with Gasteiger partial charge >= 0.3 is 6.09 Å². The molecule has 2 fully saturated rings. The summed E-state index contributed by atoms with van der Waals surface area (Å²) in [5.74, 6) is -0.552. The van der Waals surface area contributed by atoms with Gasteiger partial charge in [0, 0.05) is 24.1 Å². The van der Waals surface area contributed by atoms with Crippen LogP contribution in [0.15, 0.2) is 54.6 Å². The Bertz CT molecular complexity index is 1170. The highest BCUT2D eigenvalue weighted by molar-refractivity contribution is 5.93. The van der Waals surface area contributed by atoms with Gasteiger partial charge in [-0.3, -0.25) is 9.59 Å². The topological polar surface area (TPSA) is 108 Å². The van der Waals surface area contributed by atoms with E-state index in [1.165, 1.54) is 6.07 Å². The van der Waals surface area contributed by atoms with Crippen LogP contribution in [0.2, 0.25) is 0 Å². The summed E-state index contributed by atoms with van der Waals surface area (Å²) < 4.78 is 5.51. The number of hydrogen-bond acceptors (Lipinski definition) is 5. The summed E-state index contributed by atoms with van der Waals surface area (Å²) in [6.45, 7) is 7.34. The monoisotopic (exact) mass is 549 g/mol. The van der Waals surface area contributed by atoms with Crippen molar-refractivity contribution in [2.75, 3.05) is 0 Å². The predicted octanol–water partition coefficient (Wildman–Crippen LogP) is 5.26. The van der Waals surface area contributed by atoms with E-state index in [-0.39, 0.29) is 42.0 Å². The molecule has 2 aromatic carbocycles. The lowest BCUT2D eigenvalue weighted by Gasteiger charge is -2.36. The largest absolute Gasteiger partial charge is 0.508 e. The van der Waals surface area contributed by atoms with E-state index in [0.717, 1.165) is 44.1 Å². The molecule has 0 aromatic heterocycles. The highest BCUT2D eigenvalue weighted by Crippen LogP contribution is 2.42. The van der Waals surface area contributed by atoms with Gasteiger partial charge in [0.05, 0.1) is 0 Å². The minimum Gasteiger partial charge on any atom is -0.508 e. The molecule has 216 valence electrons. The standard InChI is InChI=1S/C32H43N3O5/c1-21-19-26(21)35(28(24-17-11-12-18-27(24)36)29(37)33-23-15-9-6-10-16-23)30(38)25(20-22-13-7-5-8-14-22)34-31(39)40-32(2,3)4/h5,7-8,11-14,17-18,21,23,25-26,28,36H,6,9-10,15-16,19-20H2,1-4H3,(H,33,37)(H,34,39). The summed E-state index contributed by atoms with van der Waals surface area (Å²) in [6, 6.07) is 14.0. The summed E-state index contributed by atoms with van der Waals surface area (Å²) >= 11 is 0. The highest BCUT2D eigenvalue weighted by atomic mass is 16.6. The van der Waals surface area contributed by atoms with Gasteiger partial charge in [0.15, 0.2) is 0 Å². The number of hydrogen-bond donors (Lipinski definition) is 3. The molecule has 0 heterocycles. The van der Waals surface area contributed by atoms with Gasteiger partial charge in [0.2, 0.25) is 11.8 Å². The van der Waals surface area contributed by atoms with E-state index in [0.29, 0.717) is 5.56 Å². The molecule has 4 atom stereocenters. The quantitative estimate of drug-likeness (QED) is 0.396. The van der Waals surface area contributed by atoms with E-state index >= 15 is 0 Å². The van der Waals surface area contributed by atoms with Crippen LogP contribution in [-0.2, 0) is 20.7 Å². The molecule has 3 N–H and O–H groups in total. The van der Waals surface area contributed by atoms with E-state index in [2.05, 4.69) is 10.6 Å². The zero-order chi connectivity index (χ0) is 28.9. The van der Waals surface area contributed by atoms with Crippen LogP contribution in [0.5, 0.6) is 5.75 Å². The van der Waals surface area contributed by atoms with Gasteiger partial charge in [-0.1, -0.05) is 74.7 Å². The molecule has 0 bridgehead atoms. The Labute approximate surface area is 237 Å². The SMILES string of the molecule is CC1CC1N(C(=O)C(Cc1ccccc1)NC(=O)OC(C)(C)C)C(C(=O)NC1CCCCC1)c1ccccc1O. The lowest BCUT2D eigenvalue weighted by atomic mass is 9.94. The number of aromatic hydroxyl groups is 1. The van der Waals surface area contributed by atoms with Crippen LogP contribution in [-0.4, -0.2) is 51.6 Å². The van der Waals surface area contributed by atoms with Crippen LogP contribution in [0.25, 0.3) is 0 Å². The highest BCUT2D eigenvalue weighted by Gasteiger charge is 2.49. The van der Waals surface area contributed by atoms with Crippen molar-refractivity contribution in [3.05, 3.63) is 65.7 Å². The average Bonchev–Trinajstić information content (AvgIpc) is 3.62. The molecule has 8 nitrogen and oxygen atoms in total. The fraction of sp³-hybridized carbons (Fsp3) is 0.531. The van der Waals surface area contributed by atoms with E-state index in [9.17, 15) is 19.5 Å². The van der Waals surface area contributed by atoms with Gasteiger partial charge in [-0.15, -0.1) is 0 Å². The summed E-state index contributed by atoms with van der Waals surface area (Å²) in [4.78, 5) is 43.0. The third-order valence-corrected chi connectivity index (χ3v) is 7.66. The van der Waals surface area contributed by atoms with E-state index < -0.39 is 23.8 Å². The van der Waals surface area contributed by atoms with Crippen molar-refractivity contribution in [3.63, 3.8) is 0 Å². The summed E-state index contributed by atoms with van der Waals surface area (Å²) in [5, 5.41) is 16.9. The zero-order valence-electron chi connectivity index (χ0n) is 24.1. The minimum atomic E-state index is -1.04. The first-order chi connectivity index (χ1) is 19.0. The Morgan fingerprint density at radius 3 is 2.23 bits per heavy atom. The smallest absolute Gasteiger partial charge is 0.408 e. The van der Waals surface area contributed by atoms with Gasteiger partial charge < -0.3 is 25.4 Å². The number of rotatable bonds is 9. The van der Waals surface area contributed by atoms with Crippen LogP contribution in [0.3, 0.4) is 0 Å². The maximum Gasteiger partial charge on any atom is 0.408 e. The van der Waals surface area contributed by atoms with Crippen LogP contribution < -0.4 is 10.6 Å². The molecule has 3 amide bonds. The number of phenols is 1. The van der Waals surface area contributed by atoms with Crippen LogP contribution in [0, 0.1) is 5.92 Å². The summed E-state index contributed by atoms with van der Waals surface area (Å²) in [7, 11) is 0. The zero-order valence-corrected chi connectivity index (χ0v) is 24.1. The number of alkyl carbamates (subject to hydrolysis) is 1. The average molecular weight is 550 g/mol. The molecule has 2 aliphatic carbocycles. The second-order valence-corrected chi connectivity index (χ2v) is 12.2. The van der Waals surface area contributed by atoms with Crippen molar-refractivity contribution < 1.29 is 24.2 Å². The Morgan fingerprint density at radius 1 is 1.00 bits per heavy atom. The number of amides is 3. The molecule has 40 heavy (non-hydrogen) atoms. The maximum absolute atomic E-state index is 14.5. The van der Waals surface area contributed by atoms with Crippen LogP contribution in [0.1, 0.15) is 83.4 Å². The molecule has 2 aromatic rings. The van der Waals surface area contributed by atoms with Gasteiger partial charge in [-0.2, -0.15) is 0 Å². The van der Waals surface area contributed by atoms with Crippen molar-refractivity contribution in [1.82, 2.24) is 15.5 Å². The third kappa shape index (κ3) is 7.77. The Kier molecular flexibility index (Phi) is 9.38. The molecule has 4 rings (SSSR count). The van der Waals surface area contributed by atoms with Crippen molar-refractivity contribution in [2.24, 2.45) is 5.92 Å². The van der Waals surface area contributed by atoms with Crippen molar-refractivity contribution >= 4 is 17.9 Å². The Morgan fingerprint density at radius 2 is 1.62 bits per heavy atom. The molecule has 0 saturated heterocycles. The molecular weight excluding hydrogens is 506 g/mol. The fourth-order valence-electron chi connectivity index (χ4n) is 5.52. The molecule has 4 unspecified atom stereocenters. The first-order valence-electron chi connectivity index (χ1n) is 14.5. The van der Waals surface area contributed by atoms with Gasteiger partial charge in [-0.05, 0) is 57.6 Å². The minimum absolute atomic E-state index is 0.0307. The van der Waals surface area contributed by atoms with Crippen molar-refractivity contribution in [2.45, 2.75) is 102 Å². The molecule has 2 saturated carbocycles. The number of carbonyl (C=O) groups is 3. The number of benzene rings is 2. The van der Waals surface area contributed by atoms with E-state index in [4.69, 9.17) is 4.74 Å². The number of phenolic OH excluding ortho intramolecular Hbond substituents is 1. The van der Waals surface area contributed by atoms with E-state index in [1.54, 1.807) is 43.9 Å². The molecule has 2 aliphatic rings. The lowest BCUT2D eigenvalue weighted by molar-refractivity contribution is -0.143. The lowest BCUT2D eigenvalue weighted by Crippen LogP contribution is -2.55. The van der Waals surface area contributed by atoms with Gasteiger partial charge in [0.25, 0.3) is 0 Å². The Balaban J connectivity index is 1.71. The number of nitrogens with one attached hydrogen (secondary N) is 2. The van der Waals surface area contributed by atoms with Gasteiger partial charge in [-0.25, -0.2) is 4.79 Å². The molecule has 0 aliphatic heterocycles. The predicted molar refractivity (Wildman–Crippen MR) is 154 cm³/mol. The number of carbonyl (C=O) groups excluding carboxylic acids is 3.